The van der Waals surface area contributed by atoms with Gasteiger partial charge >= 0.3 is 0 Å². The fraction of sp³-hybridized carbons (Fsp3) is 0.263. The molecule has 2 heterocycles. The Morgan fingerprint density at radius 3 is 2.76 bits per heavy atom. The summed E-state index contributed by atoms with van der Waals surface area (Å²) in [5, 5.41) is 4.47. The van der Waals surface area contributed by atoms with Gasteiger partial charge in [-0.2, -0.15) is 0 Å². The Labute approximate surface area is 165 Å². The number of hydrogen-bond donors (Lipinski definition) is 3. The molecule has 5 nitrogen and oxygen atoms in total. The normalized spacial score (nSPS) is 11.3. The fourth-order valence-electron chi connectivity index (χ4n) is 2.87. The van der Waals surface area contributed by atoms with E-state index < -0.39 is 0 Å². The summed E-state index contributed by atoms with van der Waals surface area (Å²) in [5.41, 5.74) is 10.7. The summed E-state index contributed by atoms with van der Waals surface area (Å²) in [6.45, 7) is 3.52. The molecule has 1 aromatic carbocycles. The van der Waals surface area contributed by atoms with Gasteiger partial charge in [-0.1, -0.05) is 24.3 Å². The van der Waals surface area contributed by atoms with E-state index in [1.165, 1.54) is 22.2 Å². The molecule has 4 N–H and O–H groups in total. The molecule has 2 aromatic heterocycles. The zero-order valence-corrected chi connectivity index (χ0v) is 16.7. The van der Waals surface area contributed by atoms with Crippen LogP contribution in [0.15, 0.2) is 53.7 Å². The number of nitrogens with zero attached hydrogens (tertiary/aromatic N) is 2. The smallest absolute Gasteiger partial charge is 0.188 e. The number of guanidine groups is 1. The number of nitrogens with one attached hydrogen (secondary N) is 2. The molecule has 0 aliphatic rings. The Kier molecular flexibility index (Phi) is 7.24. The molecule has 0 atom stereocenters. The minimum atomic E-state index is 0. The number of rotatable bonds is 6. The van der Waals surface area contributed by atoms with Gasteiger partial charge in [-0.05, 0) is 37.1 Å². The average Bonchev–Trinajstić information content (AvgIpc) is 2.92. The van der Waals surface area contributed by atoms with Gasteiger partial charge in [0.05, 0.1) is 0 Å². The van der Waals surface area contributed by atoms with E-state index in [9.17, 15) is 0 Å². The zero-order chi connectivity index (χ0) is 16.8. The number of nitrogens with two attached hydrogens (primary N) is 1. The Morgan fingerprint density at radius 2 is 1.96 bits per heavy atom. The Morgan fingerprint density at radius 1 is 1.16 bits per heavy atom. The molecule has 0 aliphatic heterocycles. The SMILES string of the molecule is Cc1[nH]c2ccccc2c1CCNC(N)=NCCc1ccccn1.I. The molecule has 0 spiro atoms. The van der Waals surface area contributed by atoms with Gasteiger partial charge in [-0.15, -0.1) is 24.0 Å². The molecule has 0 radical (unpaired) electrons. The second-order valence-electron chi connectivity index (χ2n) is 5.79. The van der Waals surface area contributed by atoms with Gasteiger partial charge in [-0.3, -0.25) is 9.98 Å². The van der Waals surface area contributed by atoms with Crippen LogP contribution in [0.3, 0.4) is 0 Å². The van der Waals surface area contributed by atoms with Crippen molar-refractivity contribution in [2.45, 2.75) is 19.8 Å². The maximum absolute atomic E-state index is 5.94. The van der Waals surface area contributed by atoms with Gasteiger partial charge in [0.15, 0.2) is 5.96 Å². The molecule has 0 saturated carbocycles. The number of aromatic amines is 1. The van der Waals surface area contributed by atoms with E-state index in [2.05, 4.69) is 45.4 Å². The highest BCUT2D eigenvalue weighted by molar-refractivity contribution is 14.0. The number of para-hydroxylation sites is 1. The Balaban J connectivity index is 0.00000225. The first-order chi connectivity index (χ1) is 11.7. The van der Waals surface area contributed by atoms with Crippen LogP contribution in [0.4, 0.5) is 0 Å². The number of aliphatic imine (C=N–C) groups is 1. The number of fused-ring (bicyclic) bond motifs is 1. The molecule has 3 aromatic rings. The third-order valence-corrected chi connectivity index (χ3v) is 4.08. The van der Waals surface area contributed by atoms with E-state index in [4.69, 9.17) is 5.73 Å². The van der Waals surface area contributed by atoms with E-state index in [0.29, 0.717) is 12.5 Å². The first-order valence-corrected chi connectivity index (χ1v) is 8.24. The summed E-state index contributed by atoms with van der Waals surface area (Å²) in [6, 6.07) is 14.3. The highest BCUT2D eigenvalue weighted by atomic mass is 127. The molecular formula is C19H24IN5. The van der Waals surface area contributed by atoms with Crippen molar-refractivity contribution in [1.82, 2.24) is 15.3 Å². The first-order valence-electron chi connectivity index (χ1n) is 8.24. The molecule has 0 amide bonds. The summed E-state index contributed by atoms with van der Waals surface area (Å²) < 4.78 is 0. The molecule has 0 aliphatic carbocycles. The fourth-order valence-corrected chi connectivity index (χ4v) is 2.87. The van der Waals surface area contributed by atoms with E-state index in [0.717, 1.165) is 25.1 Å². The number of aromatic nitrogens is 2. The molecule has 0 fully saturated rings. The maximum Gasteiger partial charge on any atom is 0.188 e. The topological polar surface area (TPSA) is 79.1 Å². The van der Waals surface area contributed by atoms with E-state index in [-0.39, 0.29) is 24.0 Å². The second kappa shape index (κ2) is 9.41. The number of aryl methyl sites for hydroxylation is 1. The van der Waals surface area contributed by atoms with Crippen LogP contribution in [0.25, 0.3) is 10.9 Å². The van der Waals surface area contributed by atoms with E-state index in [1.807, 2.05) is 24.3 Å². The molecule has 0 bridgehead atoms. The first kappa shape index (κ1) is 19.2. The average molecular weight is 449 g/mol. The number of halogens is 1. The lowest BCUT2D eigenvalue weighted by Crippen LogP contribution is -2.33. The van der Waals surface area contributed by atoms with Crippen LogP contribution < -0.4 is 11.1 Å². The van der Waals surface area contributed by atoms with Crippen LogP contribution in [0.2, 0.25) is 0 Å². The van der Waals surface area contributed by atoms with E-state index >= 15 is 0 Å². The predicted octanol–water partition coefficient (Wildman–Crippen LogP) is 3.18. The monoisotopic (exact) mass is 449 g/mol. The molecular weight excluding hydrogens is 425 g/mol. The second-order valence-corrected chi connectivity index (χ2v) is 5.79. The predicted molar refractivity (Wildman–Crippen MR) is 115 cm³/mol. The van der Waals surface area contributed by atoms with E-state index in [1.54, 1.807) is 6.20 Å². The van der Waals surface area contributed by atoms with Gasteiger partial charge in [0.25, 0.3) is 0 Å². The summed E-state index contributed by atoms with van der Waals surface area (Å²) in [4.78, 5) is 12.1. The van der Waals surface area contributed by atoms with Gasteiger partial charge in [0.1, 0.15) is 0 Å². The number of benzene rings is 1. The summed E-state index contributed by atoms with van der Waals surface area (Å²) in [7, 11) is 0. The number of hydrogen-bond acceptors (Lipinski definition) is 2. The summed E-state index contributed by atoms with van der Waals surface area (Å²) in [6.07, 6.45) is 3.50. The minimum absolute atomic E-state index is 0. The van der Waals surface area contributed by atoms with Gasteiger partial charge < -0.3 is 16.0 Å². The van der Waals surface area contributed by atoms with Crippen molar-refractivity contribution in [3.05, 3.63) is 65.6 Å². The van der Waals surface area contributed by atoms with Crippen molar-refractivity contribution in [3.63, 3.8) is 0 Å². The quantitative estimate of drug-likeness (QED) is 0.307. The van der Waals surface area contributed by atoms with Crippen LogP contribution in [-0.4, -0.2) is 29.0 Å². The van der Waals surface area contributed by atoms with Gasteiger partial charge in [0.2, 0.25) is 0 Å². The van der Waals surface area contributed by atoms with Crippen LogP contribution >= 0.6 is 24.0 Å². The molecule has 25 heavy (non-hydrogen) atoms. The highest BCUT2D eigenvalue weighted by Crippen LogP contribution is 2.21. The highest BCUT2D eigenvalue weighted by Gasteiger charge is 2.07. The standard InChI is InChI=1S/C19H23N5.HI/c1-14-16(17-7-2-3-8-18(17)24-14)10-13-23-19(20)22-12-9-15-6-4-5-11-21-15;/h2-8,11,24H,9-10,12-13H2,1H3,(H3,20,22,23);1H. The maximum atomic E-state index is 5.94. The Bertz CT molecular complexity index is 826. The van der Waals surface area contributed by atoms with Crippen molar-refractivity contribution in [1.29, 1.82) is 0 Å². The van der Waals surface area contributed by atoms with Crippen molar-refractivity contribution in [3.8, 4) is 0 Å². The van der Waals surface area contributed by atoms with Crippen molar-refractivity contribution < 1.29 is 0 Å². The number of H-pyrrole nitrogens is 1. The summed E-state index contributed by atoms with van der Waals surface area (Å²) in [5.74, 6) is 0.489. The van der Waals surface area contributed by atoms with Gasteiger partial charge in [-0.25, -0.2) is 0 Å². The van der Waals surface area contributed by atoms with Crippen molar-refractivity contribution in [2.24, 2.45) is 10.7 Å². The van der Waals surface area contributed by atoms with Crippen LogP contribution in [0.1, 0.15) is 17.0 Å². The van der Waals surface area contributed by atoms with Crippen molar-refractivity contribution in [2.75, 3.05) is 13.1 Å². The lowest BCUT2D eigenvalue weighted by Gasteiger charge is -2.06. The molecule has 6 heteroatoms. The van der Waals surface area contributed by atoms with Crippen LogP contribution in [0.5, 0.6) is 0 Å². The molecule has 0 saturated heterocycles. The third kappa shape index (κ3) is 5.19. The number of pyridine rings is 1. The lowest BCUT2D eigenvalue weighted by atomic mass is 10.1. The summed E-state index contributed by atoms with van der Waals surface area (Å²) >= 11 is 0. The Hall–Kier alpha value is -2.09. The van der Waals surface area contributed by atoms with Crippen LogP contribution in [0, 0.1) is 6.92 Å². The molecule has 3 rings (SSSR count). The van der Waals surface area contributed by atoms with Crippen molar-refractivity contribution >= 4 is 40.8 Å². The minimum Gasteiger partial charge on any atom is -0.370 e. The lowest BCUT2D eigenvalue weighted by molar-refractivity contribution is 0.839. The molecule has 132 valence electrons. The zero-order valence-electron chi connectivity index (χ0n) is 14.3. The largest absolute Gasteiger partial charge is 0.370 e. The van der Waals surface area contributed by atoms with Gasteiger partial charge in [0, 0.05) is 48.0 Å². The molecule has 0 unspecified atom stereocenters. The third-order valence-electron chi connectivity index (χ3n) is 4.08. The van der Waals surface area contributed by atoms with Crippen LogP contribution in [-0.2, 0) is 12.8 Å².